The molecule has 1 fully saturated rings. The minimum Gasteiger partial charge on any atom is -0.352 e. The summed E-state index contributed by atoms with van der Waals surface area (Å²) in [5.41, 5.74) is 0. The molecule has 0 saturated carbocycles. The Morgan fingerprint density at radius 1 is 1.38 bits per heavy atom. The lowest BCUT2D eigenvalue weighted by molar-refractivity contribution is -0.123. The van der Waals surface area contributed by atoms with Gasteiger partial charge in [0.25, 0.3) is 0 Å². The summed E-state index contributed by atoms with van der Waals surface area (Å²) in [6, 6.07) is 0.459. The van der Waals surface area contributed by atoms with E-state index in [2.05, 4.69) is 24.5 Å². The van der Waals surface area contributed by atoms with Crippen molar-refractivity contribution >= 4 is 5.91 Å². The maximum Gasteiger partial charge on any atom is 0.237 e. The number of carbonyl (C=O) groups is 1. The van der Waals surface area contributed by atoms with E-state index in [-0.39, 0.29) is 11.9 Å². The highest BCUT2D eigenvalue weighted by Gasteiger charge is 2.23. The van der Waals surface area contributed by atoms with Gasteiger partial charge in [0, 0.05) is 6.04 Å². The molecule has 0 aromatic rings. The Morgan fingerprint density at radius 2 is 2.19 bits per heavy atom. The summed E-state index contributed by atoms with van der Waals surface area (Å²) in [7, 11) is 0. The highest BCUT2D eigenvalue weighted by Crippen LogP contribution is 2.09. The molecule has 2 atom stereocenters. The zero-order chi connectivity index (χ0) is 11.8. The van der Waals surface area contributed by atoms with E-state index in [0.29, 0.717) is 6.04 Å². The van der Waals surface area contributed by atoms with Gasteiger partial charge < -0.3 is 10.6 Å². The van der Waals surface area contributed by atoms with Gasteiger partial charge in [-0.05, 0) is 32.2 Å². The van der Waals surface area contributed by atoms with E-state index in [1.54, 1.807) is 0 Å². The number of hydrogen-bond acceptors (Lipinski definition) is 2. The predicted octanol–water partition coefficient (Wildman–Crippen LogP) is 2.21. The van der Waals surface area contributed by atoms with Crippen LogP contribution in [0.25, 0.3) is 0 Å². The average molecular weight is 226 g/mol. The fourth-order valence-electron chi connectivity index (χ4n) is 2.30. The number of unbranched alkanes of at least 4 members (excludes halogenated alkanes) is 1. The molecular weight excluding hydrogens is 200 g/mol. The zero-order valence-corrected chi connectivity index (χ0v) is 10.7. The van der Waals surface area contributed by atoms with Gasteiger partial charge in [-0.25, -0.2) is 0 Å². The van der Waals surface area contributed by atoms with Crippen LogP contribution < -0.4 is 10.6 Å². The molecule has 0 aromatic heterocycles. The van der Waals surface area contributed by atoms with Gasteiger partial charge in [-0.3, -0.25) is 4.79 Å². The first-order chi connectivity index (χ1) is 7.77. The van der Waals surface area contributed by atoms with Crippen molar-refractivity contribution in [1.29, 1.82) is 0 Å². The molecule has 0 spiro atoms. The summed E-state index contributed by atoms with van der Waals surface area (Å²) in [5.74, 6) is 0.215. The molecule has 16 heavy (non-hydrogen) atoms. The Balaban J connectivity index is 2.30. The Morgan fingerprint density at radius 3 is 2.75 bits per heavy atom. The molecular formula is C13H26N2O. The predicted molar refractivity (Wildman–Crippen MR) is 67.4 cm³/mol. The van der Waals surface area contributed by atoms with Crippen molar-refractivity contribution < 1.29 is 4.79 Å². The van der Waals surface area contributed by atoms with Crippen LogP contribution in [0.1, 0.15) is 58.8 Å². The van der Waals surface area contributed by atoms with Crippen molar-refractivity contribution in [3.05, 3.63) is 0 Å². The largest absolute Gasteiger partial charge is 0.352 e. The molecule has 1 saturated heterocycles. The normalized spacial score (nSPS) is 22.0. The summed E-state index contributed by atoms with van der Waals surface area (Å²) in [5, 5.41) is 6.44. The van der Waals surface area contributed by atoms with Gasteiger partial charge in [0.15, 0.2) is 0 Å². The van der Waals surface area contributed by atoms with Gasteiger partial charge in [0.1, 0.15) is 0 Å². The summed E-state index contributed by atoms with van der Waals surface area (Å²) in [4.78, 5) is 11.9. The van der Waals surface area contributed by atoms with Crippen LogP contribution in [0, 0.1) is 0 Å². The smallest absolute Gasteiger partial charge is 0.237 e. The fourth-order valence-corrected chi connectivity index (χ4v) is 2.30. The van der Waals surface area contributed by atoms with Crippen LogP contribution >= 0.6 is 0 Å². The Bertz CT molecular complexity index is 200. The monoisotopic (exact) mass is 226 g/mol. The molecule has 1 amide bonds. The first-order valence-electron chi connectivity index (χ1n) is 6.81. The lowest BCUT2D eigenvalue weighted by atomic mass is 10.0. The van der Waals surface area contributed by atoms with Crippen molar-refractivity contribution in [2.45, 2.75) is 70.9 Å². The van der Waals surface area contributed by atoms with Crippen molar-refractivity contribution in [2.75, 3.05) is 6.54 Å². The van der Waals surface area contributed by atoms with Crippen LogP contribution in [-0.4, -0.2) is 24.5 Å². The van der Waals surface area contributed by atoms with Gasteiger partial charge in [-0.1, -0.05) is 33.1 Å². The topological polar surface area (TPSA) is 41.1 Å². The second kappa shape index (κ2) is 7.66. The molecule has 3 nitrogen and oxygen atoms in total. The number of hydrogen-bond donors (Lipinski definition) is 2. The second-order valence-electron chi connectivity index (χ2n) is 4.79. The van der Waals surface area contributed by atoms with E-state index in [1.807, 2.05) is 0 Å². The third-order valence-corrected chi connectivity index (χ3v) is 3.27. The van der Waals surface area contributed by atoms with E-state index >= 15 is 0 Å². The maximum atomic E-state index is 11.9. The minimum atomic E-state index is 0.0704. The second-order valence-corrected chi connectivity index (χ2v) is 4.79. The maximum absolute atomic E-state index is 11.9. The standard InChI is InChI=1S/C13H26N2O/c1-3-5-8-11(7-4-2)15-13(16)12-9-6-10-14-12/h11-12,14H,3-10H2,1-2H3,(H,15,16)/t11?,12-/m0/s1. The van der Waals surface area contributed by atoms with Gasteiger partial charge in [-0.2, -0.15) is 0 Å². The Labute approximate surface area is 99.4 Å². The van der Waals surface area contributed by atoms with Gasteiger partial charge in [-0.15, -0.1) is 0 Å². The zero-order valence-electron chi connectivity index (χ0n) is 10.7. The summed E-state index contributed by atoms with van der Waals surface area (Å²) in [6.07, 6.45) is 7.93. The Hall–Kier alpha value is -0.570. The van der Waals surface area contributed by atoms with Gasteiger partial charge in [0.05, 0.1) is 6.04 Å². The number of nitrogens with one attached hydrogen (secondary N) is 2. The first-order valence-corrected chi connectivity index (χ1v) is 6.81. The lowest BCUT2D eigenvalue weighted by Crippen LogP contribution is -2.45. The van der Waals surface area contributed by atoms with E-state index in [9.17, 15) is 4.79 Å². The molecule has 1 heterocycles. The number of rotatable bonds is 7. The fraction of sp³-hybridized carbons (Fsp3) is 0.923. The van der Waals surface area contributed by atoms with Crippen LogP contribution in [0.5, 0.6) is 0 Å². The van der Waals surface area contributed by atoms with Crippen molar-refractivity contribution in [3.63, 3.8) is 0 Å². The highest BCUT2D eigenvalue weighted by atomic mass is 16.2. The van der Waals surface area contributed by atoms with E-state index in [4.69, 9.17) is 0 Å². The molecule has 94 valence electrons. The number of amides is 1. The molecule has 0 bridgehead atoms. The van der Waals surface area contributed by atoms with Crippen LogP contribution in [0.4, 0.5) is 0 Å². The van der Waals surface area contributed by atoms with Gasteiger partial charge in [0.2, 0.25) is 5.91 Å². The molecule has 1 aliphatic heterocycles. The SMILES string of the molecule is CCCCC(CCC)NC(=O)[C@@H]1CCCN1. The quantitative estimate of drug-likeness (QED) is 0.699. The highest BCUT2D eigenvalue weighted by molar-refractivity contribution is 5.82. The molecule has 0 aliphatic carbocycles. The molecule has 0 radical (unpaired) electrons. The van der Waals surface area contributed by atoms with Crippen LogP contribution in [0.3, 0.4) is 0 Å². The molecule has 1 unspecified atom stereocenters. The van der Waals surface area contributed by atoms with Gasteiger partial charge >= 0.3 is 0 Å². The van der Waals surface area contributed by atoms with Crippen LogP contribution in [-0.2, 0) is 4.79 Å². The molecule has 0 aromatic carbocycles. The van der Waals surface area contributed by atoms with E-state index in [1.165, 1.54) is 12.8 Å². The van der Waals surface area contributed by atoms with Crippen molar-refractivity contribution in [2.24, 2.45) is 0 Å². The van der Waals surface area contributed by atoms with Crippen LogP contribution in [0.2, 0.25) is 0 Å². The van der Waals surface area contributed by atoms with Crippen molar-refractivity contribution in [1.82, 2.24) is 10.6 Å². The molecule has 1 aliphatic rings. The molecule has 1 rings (SSSR count). The average Bonchev–Trinajstić information content (AvgIpc) is 2.79. The summed E-state index contributed by atoms with van der Waals surface area (Å²) in [6.45, 7) is 5.37. The third kappa shape index (κ3) is 4.52. The molecule has 2 N–H and O–H groups in total. The van der Waals surface area contributed by atoms with E-state index < -0.39 is 0 Å². The Kier molecular flexibility index (Phi) is 6.46. The summed E-state index contributed by atoms with van der Waals surface area (Å²) < 4.78 is 0. The van der Waals surface area contributed by atoms with E-state index in [0.717, 1.165) is 38.6 Å². The number of carbonyl (C=O) groups excluding carboxylic acids is 1. The van der Waals surface area contributed by atoms with Crippen LogP contribution in [0.15, 0.2) is 0 Å². The first kappa shape index (κ1) is 13.5. The molecule has 3 heteroatoms. The lowest BCUT2D eigenvalue weighted by Gasteiger charge is -2.20. The summed E-state index contributed by atoms with van der Waals surface area (Å²) >= 11 is 0. The van der Waals surface area contributed by atoms with Crippen molar-refractivity contribution in [3.8, 4) is 0 Å². The third-order valence-electron chi connectivity index (χ3n) is 3.27. The minimum absolute atomic E-state index is 0.0704.